The lowest BCUT2D eigenvalue weighted by atomic mass is 10.2. The van der Waals surface area contributed by atoms with Crippen LogP contribution in [-0.4, -0.2) is 12.1 Å². The predicted octanol–water partition coefficient (Wildman–Crippen LogP) is 2.25. The number of para-hydroxylation sites is 1. The number of pyridine rings is 1. The van der Waals surface area contributed by atoms with Gasteiger partial charge in [-0.15, -0.1) is 0 Å². The Morgan fingerprint density at radius 3 is 2.76 bits per heavy atom. The molecule has 1 aromatic carbocycles. The smallest absolute Gasteiger partial charge is 0.237 e. The van der Waals surface area contributed by atoms with E-state index in [2.05, 4.69) is 4.98 Å². The third-order valence-corrected chi connectivity index (χ3v) is 2.36. The maximum Gasteiger partial charge on any atom is 0.237 e. The van der Waals surface area contributed by atoms with Crippen molar-refractivity contribution in [2.24, 2.45) is 0 Å². The van der Waals surface area contributed by atoms with Gasteiger partial charge in [-0.05, 0) is 18.2 Å². The van der Waals surface area contributed by atoms with E-state index in [1.165, 1.54) is 0 Å². The number of nitrogen functional groups attached to an aromatic ring is 1. The molecule has 0 saturated carbocycles. The molecule has 0 aliphatic carbocycles. The van der Waals surface area contributed by atoms with E-state index in [4.69, 9.17) is 15.2 Å². The van der Waals surface area contributed by atoms with Crippen LogP contribution in [0.3, 0.4) is 0 Å². The van der Waals surface area contributed by atoms with Crippen LogP contribution >= 0.6 is 0 Å². The Hall–Kier alpha value is -2.23. The molecule has 1 heterocycles. The number of hydrogen-bond donors (Lipinski definition) is 1. The summed E-state index contributed by atoms with van der Waals surface area (Å²) in [7, 11) is 1.63. The molecule has 0 bridgehead atoms. The quantitative estimate of drug-likeness (QED) is 0.875. The van der Waals surface area contributed by atoms with Crippen molar-refractivity contribution in [3.8, 4) is 11.6 Å². The van der Waals surface area contributed by atoms with E-state index in [1.54, 1.807) is 25.4 Å². The highest BCUT2D eigenvalue weighted by Crippen LogP contribution is 2.21. The van der Waals surface area contributed by atoms with Crippen molar-refractivity contribution in [3.63, 3.8) is 0 Å². The van der Waals surface area contributed by atoms with Gasteiger partial charge in [-0.3, -0.25) is 0 Å². The van der Waals surface area contributed by atoms with Crippen molar-refractivity contribution in [2.75, 3.05) is 12.8 Å². The average Bonchev–Trinajstić information content (AvgIpc) is 2.38. The summed E-state index contributed by atoms with van der Waals surface area (Å²) in [5.74, 6) is 1.24. The molecule has 2 aromatic rings. The fourth-order valence-electron chi connectivity index (χ4n) is 1.49. The number of hydrogen-bond acceptors (Lipinski definition) is 4. The summed E-state index contributed by atoms with van der Waals surface area (Å²) in [6, 6.07) is 11.2. The van der Waals surface area contributed by atoms with E-state index in [9.17, 15) is 0 Å². The first-order valence-electron chi connectivity index (χ1n) is 5.26. The molecular formula is C13H14N2O2. The lowest BCUT2D eigenvalue weighted by molar-refractivity contribution is 0.287. The fourth-order valence-corrected chi connectivity index (χ4v) is 1.49. The van der Waals surface area contributed by atoms with Gasteiger partial charge in [0.2, 0.25) is 5.88 Å². The number of methoxy groups -OCH3 is 1. The second kappa shape index (κ2) is 5.21. The molecule has 0 amide bonds. The Bertz CT molecular complexity index is 500. The van der Waals surface area contributed by atoms with Gasteiger partial charge in [0.05, 0.1) is 12.8 Å². The highest BCUT2D eigenvalue weighted by Gasteiger charge is 2.04. The molecule has 0 radical (unpaired) electrons. The van der Waals surface area contributed by atoms with Crippen molar-refractivity contribution in [2.45, 2.75) is 6.61 Å². The Morgan fingerprint density at radius 2 is 2.00 bits per heavy atom. The van der Waals surface area contributed by atoms with Crippen LogP contribution in [-0.2, 0) is 6.61 Å². The monoisotopic (exact) mass is 230 g/mol. The van der Waals surface area contributed by atoms with E-state index in [-0.39, 0.29) is 0 Å². The van der Waals surface area contributed by atoms with Crippen LogP contribution < -0.4 is 15.2 Å². The summed E-state index contributed by atoms with van der Waals surface area (Å²) in [6.07, 6.45) is 1.65. The molecular weight excluding hydrogens is 216 g/mol. The second-order valence-corrected chi connectivity index (χ2v) is 3.50. The van der Waals surface area contributed by atoms with Gasteiger partial charge in [0.25, 0.3) is 0 Å². The number of rotatable bonds is 4. The molecule has 2 N–H and O–H groups in total. The highest BCUT2D eigenvalue weighted by atomic mass is 16.5. The molecule has 0 fully saturated rings. The SMILES string of the molecule is COc1ccccc1COc1ncccc1N. The van der Waals surface area contributed by atoms with Gasteiger partial charge in [0.15, 0.2) is 0 Å². The van der Waals surface area contributed by atoms with Crippen LogP contribution in [0.2, 0.25) is 0 Å². The van der Waals surface area contributed by atoms with Gasteiger partial charge >= 0.3 is 0 Å². The van der Waals surface area contributed by atoms with Gasteiger partial charge in [0, 0.05) is 11.8 Å². The summed E-state index contributed by atoms with van der Waals surface area (Å²) in [5, 5.41) is 0. The van der Waals surface area contributed by atoms with E-state index in [0.29, 0.717) is 18.2 Å². The van der Waals surface area contributed by atoms with Crippen molar-refractivity contribution < 1.29 is 9.47 Å². The third kappa shape index (κ3) is 2.66. The summed E-state index contributed by atoms with van der Waals surface area (Å²) in [5.41, 5.74) is 7.22. The molecule has 17 heavy (non-hydrogen) atoms. The Balaban J connectivity index is 2.10. The number of anilines is 1. The summed E-state index contributed by atoms with van der Waals surface area (Å²) in [4.78, 5) is 4.06. The molecule has 0 aliphatic heterocycles. The van der Waals surface area contributed by atoms with Crippen molar-refractivity contribution in [1.29, 1.82) is 0 Å². The zero-order chi connectivity index (χ0) is 12.1. The first-order valence-corrected chi connectivity index (χ1v) is 5.26. The number of nitrogens with zero attached hydrogens (tertiary/aromatic N) is 1. The lowest BCUT2D eigenvalue weighted by Crippen LogP contribution is -2.02. The van der Waals surface area contributed by atoms with E-state index >= 15 is 0 Å². The largest absolute Gasteiger partial charge is 0.496 e. The zero-order valence-electron chi connectivity index (χ0n) is 9.59. The molecule has 88 valence electrons. The zero-order valence-corrected chi connectivity index (χ0v) is 9.59. The maximum atomic E-state index is 5.74. The maximum absolute atomic E-state index is 5.74. The first-order chi connectivity index (χ1) is 8.31. The van der Waals surface area contributed by atoms with Crippen molar-refractivity contribution >= 4 is 5.69 Å². The topological polar surface area (TPSA) is 57.4 Å². The van der Waals surface area contributed by atoms with Gasteiger partial charge in [-0.1, -0.05) is 18.2 Å². The minimum atomic E-state index is 0.380. The van der Waals surface area contributed by atoms with Crippen LogP contribution in [0.25, 0.3) is 0 Å². The molecule has 0 spiro atoms. The van der Waals surface area contributed by atoms with Gasteiger partial charge < -0.3 is 15.2 Å². The predicted molar refractivity (Wildman–Crippen MR) is 66.0 cm³/mol. The molecule has 0 aliphatic rings. The summed E-state index contributed by atoms with van der Waals surface area (Å²) >= 11 is 0. The molecule has 4 nitrogen and oxygen atoms in total. The van der Waals surface area contributed by atoms with Crippen molar-refractivity contribution in [1.82, 2.24) is 4.98 Å². The van der Waals surface area contributed by atoms with Crippen molar-refractivity contribution in [3.05, 3.63) is 48.2 Å². The van der Waals surface area contributed by atoms with Crippen LogP contribution in [0, 0.1) is 0 Å². The Labute approximate surface area is 100 Å². The molecule has 1 aromatic heterocycles. The first kappa shape index (κ1) is 11.3. The van der Waals surface area contributed by atoms with E-state index in [0.717, 1.165) is 11.3 Å². The minimum Gasteiger partial charge on any atom is -0.496 e. The van der Waals surface area contributed by atoms with Gasteiger partial charge in [0.1, 0.15) is 12.4 Å². The molecule has 4 heteroatoms. The van der Waals surface area contributed by atoms with Crippen LogP contribution in [0.15, 0.2) is 42.6 Å². The molecule has 2 rings (SSSR count). The minimum absolute atomic E-state index is 0.380. The Kier molecular flexibility index (Phi) is 3.45. The van der Waals surface area contributed by atoms with Crippen LogP contribution in [0.5, 0.6) is 11.6 Å². The number of benzene rings is 1. The van der Waals surface area contributed by atoms with Gasteiger partial charge in [-0.25, -0.2) is 4.98 Å². The third-order valence-electron chi connectivity index (χ3n) is 2.36. The van der Waals surface area contributed by atoms with Crippen LogP contribution in [0.1, 0.15) is 5.56 Å². The van der Waals surface area contributed by atoms with Gasteiger partial charge in [-0.2, -0.15) is 0 Å². The van der Waals surface area contributed by atoms with Crippen LogP contribution in [0.4, 0.5) is 5.69 Å². The summed E-state index contributed by atoms with van der Waals surface area (Å²) in [6.45, 7) is 0.380. The average molecular weight is 230 g/mol. The lowest BCUT2D eigenvalue weighted by Gasteiger charge is -2.10. The second-order valence-electron chi connectivity index (χ2n) is 3.50. The highest BCUT2D eigenvalue weighted by molar-refractivity contribution is 5.47. The number of nitrogens with two attached hydrogens (primary N) is 1. The molecule has 0 atom stereocenters. The molecule has 0 unspecified atom stereocenters. The standard InChI is InChI=1S/C13H14N2O2/c1-16-12-7-3-2-5-10(12)9-17-13-11(14)6-4-8-15-13/h2-8H,9,14H2,1H3. The van der Waals surface area contributed by atoms with E-state index in [1.807, 2.05) is 24.3 Å². The normalized spacial score (nSPS) is 9.94. The molecule has 0 saturated heterocycles. The fraction of sp³-hybridized carbons (Fsp3) is 0.154. The number of aromatic nitrogens is 1. The van der Waals surface area contributed by atoms with E-state index < -0.39 is 0 Å². The number of ether oxygens (including phenoxy) is 2. The summed E-state index contributed by atoms with van der Waals surface area (Å²) < 4.78 is 10.8. The Morgan fingerprint density at radius 1 is 1.18 bits per heavy atom.